The van der Waals surface area contributed by atoms with Crippen LogP contribution in [0.3, 0.4) is 0 Å². The molecule has 1 atom stereocenters. The van der Waals surface area contributed by atoms with Crippen LogP contribution in [-0.4, -0.2) is 36.6 Å². The second kappa shape index (κ2) is 5.48. The van der Waals surface area contributed by atoms with Crippen LogP contribution in [0.5, 0.6) is 5.88 Å². The molecule has 1 unspecified atom stereocenters. The van der Waals surface area contributed by atoms with Crippen LogP contribution in [0.15, 0.2) is 18.3 Å². The Kier molecular flexibility index (Phi) is 3.94. The lowest BCUT2D eigenvalue weighted by Crippen LogP contribution is -2.27. The van der Waals surface area contributed by atoms with Gasteiger partial charge in [0.25, 0.3) is 0 Å². The van der Waals surface area contributed by atoms with Crippen molar-refractivity contribution in [1.29, 1.82) is 0 Å². The number of cyclic esters (lactones) is 1. The third-order valence-electron chi connectivity index (χ3n) is 2.79. The molecule has 0 amide bonds. The Morgan fingerprint density at radius 1 is 1.63 bits per heavy atom. The lowest BCUT2D eigenvalue weighted by Gasteiger charge is -2.11. The minimum absolute atomic E-state index is 0.166. The number of ether oxygens (including phenoxy) is 2. The second-order valence-corrected chi connectivity index (χ2v) is 4.24. The Morgan fingerprint density at radius 3 is 3.05 bits per heavy atom. The van der Waals surface area contributed by atoms with Gasteiger partial charge in [0.05, 0.1) is 13.5 Å². The number of nitrogens with zero attached hydrogens (tertiary/aromatic N) is 1. The number of alkyl halides is 2. The standard InChI is InChI=1S/C12H14F2N2O3/c1-18-10-8(3-2-4-16-10)6-15-7-9-5-12(13,14)11(17)19-9/h2-4,9,15H,5-7H2,1H3. The fourth-order valence-electron chi connectivity index (χ4n) is 1.87. The van der Waals surface area contributed by atoms with Gasteiger partial charge in [0.2, 0.25) is 5.88 Å². The summed E-state index contributed by atoms with van der Waals surface area (Å²) < 4.78 is 35.5. The fourth-order valence-corrected chi connectivity index (χ4v) is 1.87. The van der Waals surface area contributed by atoms with E-state index in [0.29, 0.717) is 12.4 Å². The predicted molar refractivity (Wildman–Crippen MR) is 61.9 cm³/mol. The Bertz CT molecular complexity index is 468. The maximum atomic E-state index is 12.9. The van der Waals surface area contributed by atoms with E-state index in [2.05, 4.69) is 15.0 Å². The molecule has 0 saturated carbocycles. The molecule has 5 nitrogen and oxygen atoms in total. The summed E-state index contributed by atoms with van der Waals surface area (Å²) in [5.41, 5.74) is 0.807. The first kappa shape index (κ1) is 13.7. The van der Waals surface area contributed by atoms with Gasteiger partial charge in [0, 0.05) is 24.8 Å². The van der Waals surface area contributed by atoms with Crippen molar-refractivity contribution in [2.45, 2.75) is 25.0 Å². The third kappa shape index (κ3) is 3.17. The Morgan fingerprint density at radius 2 is 2.42 bits per heavy atom. The second-order valence-electron chi connectivity index (χ2n) is 4.24. The normalized spacial score (nSPS) is 21.2. The summed E-state index contributed by atoms with van der Waals surface area (Å²) in [6, 6.07) is 3.57. The average Bonchev–Trinajstić information content (AvgIpc) is 2.63. The number of methoxy groups -OCH3 is 1. The number of carbonyl (C=O) groups excluding carboxylic acids is 1. The smallest absolute Gasteiger partial charge is 0.377 e. The number of aromatic nitrogens is 1. The molecular formula is C12H14F2N2O3. The molecule has 1 saturated heterocycles. The molecule has 0 spiro atoms. The molecule has 1 aromatic heterocycles. The van der Waals surface area contributed by atoms with Crippen LogP contribution < -0.4 is 10.1 Å². The summed E-state index contributed by atoms with van der Waals surface area (Å²) in [5, 5.41) is 2.95. The van der Waals surface area contributed by atoms with Crippen molar-refractivity contribution >= 4 is 5.97 Å². The van der Waals surface area contributed by atoms with E-state index in [9.17, 15) is 13.6 Å². The van der Waals surface area contributed by atoms with Crippen molar-refractivity contribution < 1.29 is 23.0 Å². The summed E-state index contributed by atoms with van der Waals surface area (Å²) in [5.74, 6) is -4.33. The molecule has 1 N–H and O–H groups in total. The van der Waals surface area contributed by atoms with Crippen LogP contribution in [0.1, 0.15) is 12.0 Å². The van der Waals surface area contributed by atoms with Crippen molar-refractivity contribution in [3.8, 4) is 5.88 Å². The number of rotatable bonds is 5. The van der Waals surface area contributed by atoms with Crippen molar-refractivity contribution in [2.24, 2.45) is 0 Å². The van der Waals surface area contributed by atoms with Crippen molar-refractivity contribution in [3.63, 3.8) is 0 Å². The van der Waals surface area contributed by atoms with Crippen molar-refractivity contribution in [2.75, 3.05) is 13.7 Å². The first-order chi connectivity index (χ1) is 9.03. The molecule has 2 rings (SSSR count). The number of hydrogen-bond acceptors (Lipinski definition) is 5. The molecule has 104 valence electrons. The van der Waals surface area contributed by atoms with Gasteiger partial charge in [-0.3, -0.25) is 0 Å². The van der Waals surface area contributed by atoms with E-state index in [1.807, 2.05) is 6.07 Å². The van der Waals surface area contributed by atoms with Crippen LogP contribution in [0.4, 0.5) is 8.78 Å². The van der Waals surface area contributed by atoms with Gasteiger partial charge < -0.3 is 14.8 Å². The molecular weight excluding hydrogens is 258 g/mol. The third-order valence-corrected chi connectivity index (χ3v) is 2.79. The van der Waals surface area contributed by atoms with Crippen LogP contribution in [0, 0.1) is 0 Å². The number of esters is 1. The predicted octanol–water partition coefficient (Wildman–Crippen LogP) is 1.13. The summed E-state index contributed by atoms with van der Waals surface area (Å²) in [6.07, 6.45) is 0.218. The van der Waals surface area contributed by atoms with Gasteiger partial charge in [0.1, 0.15) is 6.10 Å². The van der Waals surface area contributed by atoms with Crippen LogP contribution in [0.2, 0.25) is 0 Å². The van der Waals surface area contributed by atoms with Crippen LogP contribution >= 0.6 is 0 Å². The van der Waals surface area contributed by atoms with Gasteiger partial charge in [-0.25, -0.2) is 9.78 Å². The van der Waals surface area contributed by atoms with Gasteiger partial charge >= 0.3 is 11.9 Å². The highest BCUT2D eigenvalue weighted by Crippen LogP contribution is 2.30. The molecule has 19 heavy (non-hydrogen) atoms. The zero-order valence-electron chi connectivity index (χ0n) is 10.4. The number of carbonyl (C=O) groups is 1. The summed E-state index contributed by atoms with van der Waals surface area (Å²) in [4.78, 5) is 14.8. The lowest BCUT2D eigenvalue weighted by molar-refractivity contribution is -0.159. The highest BCUT2D eigenvalue weighted by molar-refractivity contribution is 5.79. The Balaban J connectivity index is 1.83. The zero-order chi connectivity index (χ0) is 13.9. The SMILES string of the molecule is COc1ncccc1CNCC1CC(F)(F)C(=O)O1. The summed E-state index contributed by atoms with van der Waals surface area (Å²) >= 11 is 0. The Hall–Kier alpha value is -1.76. The number of hydrogen-bond donors (Lipinski definition) is 1. The molecule has 0 aromatic carbocycles. The molecule has 0 bridgehead atoms. The lowest BCUT2D eigenvalue weighted by atomic mass is 10.2. The van der Waals surface area contributed by atoms with E-state index in [0.717, 1.165) is 5.56 Å². The molecule has 7 heteroatoms. The first-order valence-corrected chi connectivity index (χ1v) is 5.80. The monoisotopic (exact) mass is 272 g/mol. The number of pyridine rings is 1. The van der Waals surface area contributed by atoms with Crippen LogP contribution in [-0.2, 0) is 16.1 Å². The molecule has 2 heterocycles. The molecule has 0 radical (unpaired) electrons. The van der Waals surface area contributed by atoms with Gasteiger partial charge in [-0.2, -0.15) is 8.78 Å². The minimum Gasteiger partial charge on any atom is -0.481 e. The maximum absolute atomic E-state index is 12.9. The molecule has 1 aliphatic rings. The van der Waals surface area contributed by atoms with E-state index in [-0.39, 0.29) is 6.54 Å². The van der Waals surface area contributed by atoms with Gasteiger partial charge in [-0.15, -0.1) is 0 Å². The van der Waals surface area contributed by atoms with Crippen molar-refractivity contribution in [3.05, 3.63) is 23.9 Å². The zero-order valence-corrected chi connectivity index (χ0v) is 10.4. The largest absolute Gasteiger partial charge is 0.481 e. The maximum Gasteiger partial charge on any atom is 0.377 e. The molecule has 1 aliphatic heterocycles. The van der Waals surface area contributed by atoms with E-state index < -0.39 is 24.4 Å². The van der Waals surface area contributed by atoms with Crippen LogP contribution in [0.25, 0.3) is 0 Å². The summed E-state index contributed by atoms with van der Waals surface area (Å²) in [6.45, 7) is 0.565. The first-order valence-electron chi connectivity index (χ1n) is 5.80. The highest BCUT2D eigenvalue weighted by atomic mass is 19.3. The van der Waals surface area contributed by atoms with E-state index in [4.69, 9.17) is 4.74 Å². The molecule has 1 fully saturated rings. The fraction of sp³-hybridized carbons (Fsp3) is 0.500. The quantitative estimate of drug-likeness (QED) is 0.814. The molecule has 1 aromatic rings. The number of nitrogens with one attached hydrogen (secondary N) is 1. The van der Waals surface area contributed by atoms with Gasteiger partial charge in [-0.05, 0) is 6.07 Å². The summed E-state index contributed by atoms with van der Waals surface area (Å²) in [7, 11) is 1.51. The van der Waals surface area contributed by atoms with Gasteiger partial charge in [-0.1, -0.05) is 6.07 Å². The van der Waals surface area contributed by atoms with E-state index in [1.54, 1.807) is 12.3 Å². The highest BCUT2D eigenvalue weighted by Gasteiger charge is 2.50. The minimum atomic E-state index is -3.36. The molecule has 0 aliphatic carbocycles. The van der Waals surface area contributed by atoms with Gasteiger partial charge in [0.15, 0.2) is 0 Å². The van der Waals surface area contributed by atoms with E-state index >= 15 is 0 Å². The van der Waals surface area contributed by atoms with E-state index in [1.165, 1.54) is 7.11 Å². The Labute approximate surface area is 108 Å². The van der Waals surface area contributed by atoms with Crippen molar-refractivity contribution in [1.82, 2.24) is 10.3 Å². The number of halogens is 2. The average molecular weight is 272 g/mol. The topological polar surface area (TPSA) is 60.5 Å².